The SMILES string of the molecule is NCCCC[C@H](NC(=O)[C@@H]1CCCN1C(=O)[C@H](CCCCN)NC(=O)[C@H](CO)NC(=O)[C@H](Cc1ccccc1)NC(=O)[C@H](CS)NC(=O)CNC(=O)CN)C(=O)O. The Bertz CT molecular complexity index is 1510. The number of aliphatic hydroxyl groups excluding tert-OH is 1. The lowest BCUT2D eigenvalue weighted by molar-refractivity contribution is -0.145. The van der Waals surface area contributed by atoms with E-state index in [1.807, 2.05) is 0 Å². The van der Waals surface area contributed by atoms with Gasteiger partial charge in [0.2, 0.25) is 41.4 Å². The molecule has 318 valence electrons. The van der Waals surface area contributed by atoms with Gasteiger partial charge in [0.05, 0.1) is 19.7 Å². The van der Waals surface area contributed by atoms with E-state index in [-0.39, 0.29) is 44.5 Å². The Morgan fingerprint density at radius 2 is 1.32 bits per heavy atom. The molecule has 1 aromatic carbocycles. The smallest absolute Gasteiger partial charge is 0.326 e. The van der Waals surface area contributed by atoms with Gasteiger partial charge < -0.3 is 64.2 Å². The van der Waals surface area contributed by atoms with Crippen molar-refractivity contribution < 1.29 is 48.6 Å². The summed E-state index contributed by atoms with van der Waals surface area (Å²) in [7, 11) is 0. The van der Waals surface area contributed by atoms with Gasteiger partial charge in [-0.15, -0.1) is 0 Å². The van der Waals surface area contributed by atoms with Crippen molar-refractivity contribution >= 4 is 59.9 Å². The Balaban J connectivity index is 2.23. The van der Waals surface area contributed by atoms with Crippen molar-refractivity contribution in [2.75, 3.05) is 45.1 Å². The van der Waals surface area contributed by atoms with E-state index in [0.29, 0.717) is 50.8 Å². The van der Waals surface area contributed by atoms with E-state index in [4.69, 9.17) is 17.2 Å². The number of hydrogen-bond donors (Lipinski definition) is 12. The number of likely N-dealkylation sites (tertiary alicyclic amines) is 1. The molecule has 1 heterocycles. The van der Waals surface area contributed by atoms with Crippen LogP contribution in [0.3, 0.4) is 0 Å². The predicted molar refractivity (Wildman–Crippen MR) is 211 cm³/mol. The quantitative estimate of drug-likeness (QED) is 0.0314. The largest absolute Gasteiger partial charge is 0.480 e. The van der Waals surface area contributed by atoms with Crippen LogP contribution >= 0.6 is 12.6 Å². The molecule has 0 spiro atoms. The first kappa shape index (κ1) is 48.3. The molecule has 1 fully saturated rings. The predicted octanol–water partition coefficient (Wildman–Crippen LogP) is -4.02. The first-order valence-corrected chi connectivity index (χ1v) is 19.6. The van der Waals surface area contributed by atoms with Crippen LogP contribution in [0.4, 0.5) is 0 Å². The van der Waals surface area contributed by atoms with Crippen LogP contribution in [0.15, 0.2) is 30.3 Å². The molecular weight excluding hydrogens is 765 g/mol. The van der Waals surface area contributed by atoms with Crippen LogP contribution in [0.1, 0.15) is 56.9 Å². The van der Waals surface area contributed by atoms with E-state index < -0.39 is 96.7 Å². The normalized spacial score (nSPS) is 16.2. The minimum absolute atomic E-state index is 0.0632. The maximum Gasteiger partial charge on any atom is 0.326 e. The maximum atomic E-state index is 14.0. The van der Waals surface area contributed by atoms with Crippen LogP contribution in [0.5, 0.6) is 0 Å². The van der Waals surface area contributed by atoms with Gasteiger partial charge >= 0.3 is 5.97 Å². The zero-order chi connectivity index (χ0) is 42.3. The molecule has 1 saturated heterocycles. The lowest BCUT2D eigenvalue weighted by atomic mass is 10.0. The lowest BCUT2D eigenvalue weighted by Crippen LogP contribution is -2.60. The molecule has 0 aromatic heterocycles. The minimum Gasteiger partial charge on any atom is -0.480 e. The topological polar surface area (TPSA) is 330 Å². The van der Waals surface area contributed by atoms with Crippen molar-refractivity contribution in [1.29, 1.82) is 0 Å². The van der Waals surface area contributed by atoms with Crippen molar-refractivity contribution in [1.82, 2.24) is 36.8 Å². The molecule has 0 saturated carbocycles. The van der Waals surface area contributed by atoms with Gasteiger partial charge in [0.1, 0.15) is 36.3 Å². The Morgan fingerprint density at radius 1 is 0.737 bits per heavy atom. The summed E-state index contributed by atoms with van der Waals surface area (Å²) in [5.41, 5.74) is 17.0. The summed E-state index contributed by atoms with van der Waals surface area (Å²) in [4.78, 5) is 105. The number of benzene rings is 1. The Kier molecular flexibility index (Phi) is 22.2. The first-order valence-electron chi connectivity index (χ1n) is 19.0. The molecule has 0 unspecified atom stereocenters. The monoisotopic (exact) mass is 822 g/mol. The molecule has 1 aromatic rings. The second kappa shape index (κ2) is 26.2. The van der Waals surface area contributed by atoms with Crippen molar-refractivity contribution in [3.63, 3.8) is 0 Å². The van der Waals surface area contributed by atoms with Crippen molar-refractivity contribution in [2.24, 2.45) is 17.2 Å². The number of aliphatic hydroxyl groups is 1. The second-order valence-corrected chi connectivity index (χ2v) is 13.9. The standard InChI is InChI=1S/C36H58N10O10S/c37-14-6-4-11-23(35(54)46-16-8-13-28(46)34(53)43-24(36(55)56)12-5-7-15-38)42-32(51)26(20-47)45-31(50)25(17-22-9-2-1-3-10-22)44-33(52)27(21-57)41-30(49)19-40-29(48)18-39/h1-3,9-10,23-28,47,57H,4-8,11-21,37-39H2,(H,40,48)(H,41,49)(H,42,51)(H,43,53)(H,44,52)(H,45,50)(H,55,56)/t23-,24-,25-,26-,27-,28-/m0/s1. The van der Waals surface area contributed by atoms with Gasteiger partial charge in [-0.2, -0.15) is 12.6 Å². The third-order valence-electron chi connectivity index (χ3n) is 9.16. The summed E-state index contributed by atoms with van der Waals surface area (Å²) in [5.74, 6) is -6.55. The molecule has 1 aliphatic heterocycles. The molecule has 6 atom stereocenters. The van der Waals surface area contributed by atoms with Gasteiger partial charge in [0, 0.05) is 18.7 Å². The number of aliphatic carboxylic acids is 1. The van der Waals surface area contributed by atoms with Crippen LogP contribution in [0.2, 0.25) is 0 Å². The Hall–Kier alpha value is -4.83. The maximum absolute atomic E-state index is 14.0. The number of amides is 7. The highest BCUT2D eigenvalue weighted by molar-refractivity contribution is 7.80. The average molecular weight is 823 g/mol. The number of nitrogens with one attached hydrogen (secondary N) is 6. The van der Waals surface area contributed by atoms with Crippen molar-refractivity contribution in [3.05, 3.63) is 35.9 Å². The number of carboxylic acid groups (broad SMARTS) is 1. The molecule has 1 aliphatic rings. The third-order valence-corrected chi connectivity index (χ3v) is 9.52. The van der Waals surface area contributed by atoms with Crippen LogP contribution in [-0.2, 0) is 44.8 Å². The van der Waals surface area contributed by atoms with Crippen LogP contribution in [0, 0.1) is 0 Å². The van der Waals surface area contributed by atoms with E-state index >= 15 is 0 Å². The number of hydrogen-bond acceptors (Lipinski definition) is 13. The summed E-state index contributed by atoms with van der Waals surface area (Å²) in [6.07, 6.45) is 2.88. The van der Waals surface area contributed by atoms with Crippen molar-refractivity contribution in [2.45, 2.75) is 94.0 Å². The minimum atomic E-state index is -1.59. The summed E-state index contributed by atoms with van der Waals surface area (Å²) < 4.78 is 0. The number of unbranched alkanes of at least 4 members (excludes halogenated alkanes) is 2. The highest BCUT2D eigenvalue weighted by Gasteiger charge is 2.39. The van der Waals surface area contributed by atoms with E-state index in [0.717, 1.165) is 0 Å². The second-order valence-electron chi connectivity index (χ2n) is 13.5. The summed E-state index contributed by atoms with van der Waals surface area (Å²) >= 11 is 4.14. The van der Waals surface area contributed by atoms with Gasteiger partial charge in [0.25, 0.3) is 0 Å². The molecule has 2 rings (SSSR count). The van der Waals surface area contributed by atoms with Crippen LogP contribution in [0.25, 0.3) is 0 Å². The summed E-state index contributed by atoms with van der Waals surface area (Å²) in [5, 5.41) is 34.7. The van der Waals surface area contributed by atoms with Crippen LogP contribution in [-0.4, -0.2) is 144 Å². The fourth-order valence-electron chi connectivity index (χ4n) is 6.03. The molecule has 0 radical (unpaired) electrons. The number of thiol groups is 1. The van der Waals surface area contributed by atoms with Gasteiger partial charge in [-0.3, -0.25) is 33.6 Å². The molecule has 20 nitrogen and oxygen atoms in total. The van der Waals surface area contributed by atoms with Gasteiger partial charge in [0.15, 0.2) is 0 Å². The molecule has 14 N–H and O–H groups in total. The molecule has 7 amide bonds. The Morgan fingerprint density at radius 3 is 1.89 bits per heavy atom. The number of rotatable bonds is 26. The highest BCUT2D eigenvalue weighted by Crippen LogP contribution is 2.21. The number of nitrogens with two attached hydrogens (primary N) is 3. The molecule has 21 heteroatoms. The third kappa shape index (κ3) is 16.7. The lowest BCUT2D eigenvalue weighted by Gasteiger charge is -2.30. The average Bonchev–Trinajstić information content (AvgIpc) is 3.70. The molecular formula is C36H58N10O10S. The van der Waals surface area contributed by atoms with Gasteiger partial charge in [-0.05, 0) is 70.0 Å². The fourth-order valence-corrected chi connectivity index (χ4v) is 6.29. The Labute approximate surface area is 336 Å². The number of nitrogens with zero attached hydrogens (tertiary/aromatic N) is 1. The van der Waals surface area contributed by atoms with Crippen molar-refractivity contribution in [3.8, 4) is 0 Å². The molecule has 0 bridgehead atoms. The molecule has 0 aliphatic carbocycles. The highest BCUT2D eigenvalue weighted by atomic mass is 32.1. The van der Waals surface area contributed by atoms with E-state index in [9.17, 15) is 48.6 Å². The van der Waals surface area contributed by atoms with Gasteiger partial charge in [-0.1, -0.05) is 30.3 Å². The fraction of sp³-hybridized carbons (Fsp3) is 0.611. The number of carbonyl (C=O) groups excluding carboxylic acids is 7. The summed E-state index contributed by atoms with van der Waals surface area (Å²) in [6.45, 7) is -0.864. The summed E-state index contributed by atoms with van der Waals surface area (Å²) in [6, 6.07) is 1.07. The molecule has 57 heavy (non-hydrogen) atoms. The van der Waals surface area contributed by atoms with E-state index in [2.05, 4.69) is 44.5 Å². The zero-order valence-corrected chi connectivity index (χ0v) is 32.8. The first-order chi connectivity index (χ1) is 27.3. The van der Waals surface area contributed by atoms with E-state index in [1.165, 1.54) is 4.90 Å². The van der Waals surface area contributed by atoms with Gasteiger partial charge in [-0.25, -0.2) is 4.79 Å². The zero-order valence-electron chi connectivity index (χ0n) is 32.0. The number of carboxylic acids is 1. The number of carbonyl (C=O) groups is 8. The van der Waals surface area contributed by atoms with E-state index in [1.54, 1.807) is 30.3 Å². The van der Waals surface area contributed by atoms with Crippen LogP contribution < -0.4 is 49.1 Å².